The summed E-state index contributed by atoms with van der Waals surface area (Å²) in [7, 11) is 1.90. The fraction of sp³-hybridized carbons (Fsp3) is 0.700. The zero-order valence-electron chi connectivity index (χ0n) is 17.0. The highest BCUT2D eigenvalue weighted by Gasteiger charge is 2.54. The second-order valence-corrected chi connectivity index (χ2v) is 8.24. The number of hydrogen-bond donors (Lipinski definition) is 2. The molecule has 0 aromatic carbocycles. The lowest BCUT2D eigenvalue weighted by Crippen LogP contribution is -2.68. The largest absolute Gasteiger partial charge is 0.490 e. The predicted molar refractivity (Wildman–Crippen MR) is 102 cm³/mol. The van der Waals surface area contributed by atoms with Gasteiger partial charge in [-0.3, -0.25) is 9.69 Å². The van der Waals surface area contributed by atoms with E-state index >= 15 is 0 Å². The Labute approximate surface area is 173 Å². The first-order valence-corrected chi connectivity index (χ1v) is 10.2. The molecule has 1 aromatic heterocycles. The maximum Gasteiger partial charge on any atom is 0.490 e. The number of aliphatic carboxylic acids is 1. The highest BCUT2D eigenvalue weighted by Crippen LogP contribution is 2.44. The van der Waals surface area contributed by atoms with E-state index in [0.29, 0.717) is 5.92 Å². The van der Waals surface area contributed by atoms with E-state index in [0.717, 1.165) is 50.8 Å². The number of carboxylic acids is 1. The number of nitrogens with zero attached hydrogens (tertiary/aromatic N) is 2. The Morgan fingerprint density at radius 1 is 1.30 bits per heavy atom. The number of carbonyl (C=O) groups is 2. The summed E-state index contributed by atoms with van der Waals surface area (Å²) in [6, 6.07) is 4.58. The molecule has 0 radical (unpaired) electrons. The van der Waals surface area contributed by atoms with E-state index in [9.17, 15) is 18.0 Å². The van der Waals surface area contributed by atoms with Crippen molar-refractivity contribution in [2.45, 2.75) is 49.9 Å². The Kier molecular flexibility index (Phi) is 6.76. The molecule has 3 heterocycles. The van der Waals surface area contributed by atoms with Gasteiger partial charge in [0.05, 0.1) is 5.60 Å². The average Bonchev–Trinajstić information content (AvgIpc) is 3.19. The zero-order valence-corrected chi connectivity index (χ0v) is 17.0. The van der Waals surface area contributed by atoms with E-state index in [2.05, 4.69) is 10.2 Å². The standard InChI is InChI=1S/C18H27N3O2.C2HF3O2/c1-20-10-3-6-16(20)17(22)19-9-7-14-8-11-23-18(14)12-21(13-18)15-4-2-5-15;3-2(4,5)1(6)7/h3,6,10,14-15H,2,4-5,7-9,11-13H2,1H3,(H,19,22);(H,6,7). The summed E-state index contributed by atoms with van der Waals surface area (Å²) in [5.74, 6) is -2.14. The topological polar surface area (TPSA) is 83.8 Å². The maximum atomic E-state index is 12.2. The van der Waals surface area contributed by atoms with Gasteiger partial charge < -0.3 is 19.7 Å². The molecule has 1 spiro atoms. The van der Waals surface area contributed by atoms with Gasteiger partial charge in [-0.15, -0.1) is 0 Å². The molecule has 1 unspecified atom stereocenters. The van der Waals surface area contributed by atoms with E-state index in [1.807, 2.05) is 29.9 Å². The number of amides is 1. The third-order valence-corrected chi connectivity index (χ3v) is 6.33. The summed E-state index contributed by atoms with van der Waals surface area (Å²) in [6.45, 7) is 3.83. The molecular weight excluding hydrogens is 403 g/mol. The van der Waals surface area contributed by atoms with Crippen LogP contribution in [0.5, 0.6) is 0 Å². The van der Waals surface area contributed by atoms with E-state index in [4.69, 9.17) is 14.6 Å². The first kappa shape index (κ1) is 22.6. The van der Waals surface area contributed by atoms with Crippen molar-refractivity contribution in [3.63, 3.8) is 0 Å². The number of carbonyl (C=O) groups excluding carboxylic acids is 1. The Morgan fingerprint density at radius 3 is 2.47 bits per heavy atom. The van der Waals surface area contributed by atoms with E-state index < -0.39 is 12.1 Å². The number of carboxylic acid groups (broad SMARTS) is 1. The molecule has 2 N–H and O–H groups in total. The number of nitrogens with one attached hydrogen (secondary N) is 1. The van der Waals surface area contributed by atoms with E-state index in [1.54, 1.807) is 0 Å². The number of ether oxygens (including phenoxy) is 1. The molecular formula is C20H28F3N3O4. The number of aromatic nitrogens is 1. The van der Waals surface area contributed by atoms with Crippen molar-refractivity contribution in [3.8, 4) is 0 Å². The van der Waals surface area contributed by atoms with Crippen molar-refractivity contribution in [1.82, 2.24) is 14.8 Å². The lowest BCUT2D eigenvalue weighted by molar-refractivity contribution is -0.192. The Hall–Kier alpha value is -2.07. The Morgan fingerprint density at radius 2 is 1.97 bits per heavy atom. The second-order valence-electron chi connectivity index (χ2n) is 8.24. The molecule has 1 saturated carbocycles. The number of likely N-dealkylation sites (tertiary alicyclic amines) is 1. The average molecular weight is 431 g/mol. The van der Waals surface area contributed by atoms with Gasteiger partial charge in [0.25, 0.3) is 5.91 Å². The van der Waals surface area contributed by atoms with Crippen LogP contribution in [0.1, 0.15) is 42.6 Å². The van der Waals surface area contributed by atoms with Crippen LogP contribution >= 0.6 is 0 Å². The van der Waals surface area contributed by atoms with Crippen LogP contribution < -0.4 is 5.32 Å². The van der Waals surface area contributed by atoms with Crippen molar-refractivity contribution in [1.29, 1.82) is 0 Å². The Bertz CT molecular complexity index is 755. The van der Waals surface area contributed by atoms with Crippen LogP contribution in [0.2, 0.25) is 0 Å². The van der Waals surface area contributed by atoms with Crippen molar-refractivity contribution in [2.75, 3.05) is 26.2 Å². The van der Waals surface area contributed by atoms with Gasteiger partial charge in [0, 0.05) is 45.5 Å². The van der Waals surface area contributed by atoms with Crippen molar-refractivity contribution < 1.29 is 32.6 Å². The monoisotopic (exact) mass is 431 g/mol. The third-order valence-electron chi connectivity index (χ3n) is 6.33. The molecule has 10 heteroatoms. The molecule has 3 aliphatic rings. The van der Waals surface area contributed by atoms with Crippen LogP contribution in [-0.2, 0) is 16.6 Å². The van der Waals surface area contributed by atoms with E-state index in [1.165, 1.54) is 19.3 Å². The first-order valence-electron chi connectivity index (χ1n) is 10.2. The summed E-state index contributed by atoms with van der Waals surface area (Å²) in [5, 5.41) is 10.2. The summed E-state index contributed by atoms with van der Waals surface area (Å²) >= 11 is 0. The molecule has 1 aliphatic carbocycles. The van der Waals surface area contributed by atoms with E-state index in [-0.39, 0.29) is 11.5 Å². The van der Waals surface area contributed by atoms with Crippen LogP contribution in [0.4, 0.5) is 13.2 Å². The molecule has 3 fully saturated rings. The van der Waals surface area contributed by atoms with Crippen LogP contribution in [0, 0.1) is 5.92 Å². The number of alkyl halides is 3. The predicted octanol–water partition coefficient (Wildman–Crippen LogP) is 2.42. The van der Waals surface area contributed by atoms with Gasteiger partial charge >= 0.3 is 12.1 Å². The SMILES string of the molecule is Cn1cccc1C(=O)NCCC1CCOC12CN(C1CCC1)C2.O=C(O)C(F)(F)F. The summed E-state index contributed by atoms with van der Waals surface area (Å²) in [6.07, 6.45) is 3.11. The lowest BCUT2D eigenvalue weighted by atomic mass is 9.76. The molecule has 168 valence electrons. The van der Waals surface area contributed by atoms with Crippen LogP contribution in [0.15, 0.2) is 18.3 Å². The number of aryl methyl sites for hydroxylation is 1. The lowest BCUT2D eigenvalue weighted by Gasteiger charge is -2.55. The molecule has 2 saturated heterocycles. The second kappa shape index (κ2) is 8.97. The van der Waals surface area contributed by atoms with Crippen LogP contribution in [0.25, 0.3) is 0 Å². The molecule has 0 bridgehead atoms. The van der Waals surface area contributed by atoms with Crippen LogP contribution in [-0.4, -0.2) is 70.5 Å². The molecule has 2 aliphatic heterocycles. The fourth-order valence-electron chi connectivity index (χ4n) is 4.34. The van der Waals surface area contributed by atoms with Crippen molar-refractivity contribution in [3.05, 3.63) is 24.0 Å². The molecule has 30 heavy (non-hydrogen) atoms. The molecule has 1 aromatic rings. The summed E-state index contributed by atoms with van der Waals surface area (Å²) in [5.41, 5.74) is 0.813. The fourth-order valence-corrected chi connectivity index (χ4v) is 4.34. The van der Waals surface area contributed by atoms with Crippen molar-refractivity contribution >= 4 is 11.9 Å². The van der Waals surface area contributed by atoms with Gasteiger partial charge in [0.1, 0.15) is 5.69 Å². The van der Waals surface area contributed by atoms with Gasteiger partial charge in [-0.2, -0.15) is 13.2 Å². The van der Waals surface area contributed by atoms with Gasteiger partial charge in [-0.05, 0) is 43.7 Å². The Balaban J connectivity index is 0.000000318. The summed E-state index contributed by atoms with van der Waals surface area (Å²) < 4.78 is 39.7. The number of rotatable bonds is 5. The highest BCUT2D eigenvalue weighted by atomic mass is 19.4. The smallest absolute Gasteiger partial charge is 0.475 e. The third kappa shape index (κ3) is 4.97. The van der Waals surface area contributed by atoms with Gasteiger partial charge in [0.2, 0.25) is 0 Å². The molecule has 4 rings (SSSR count). The molecule has 1 amide bonds. The van der Waals surface area contributed by atoms with Crippen LogP contribution in [0.3, 0.4) is 0 Å². The normalized spacial score (nSPS) is 23.3. The minimum absolute atomic E-state index is 0.0233. The van der Waals surface area contributed by atoms with Gasteiger partial charge in [0.15, 0.2) is 0 Å². The molecule has 1 atom stereocenters. The number of halogens is 3. The first-order chi connectivity index (χ1) is 14.1. The minimum Gasteiger partial charge on any atom is -0.475 e. The zero-order chi connectivity index (χ0) is 21.9. The highest BCUT2D eigenvalue weighted by molar-refractivity contribution is 5.92. The number of hydrogen-bond acceptors (Lipinski definition) is 4. The van der Waals surface area contributed by atoms with Gasteiger partial charge in [-0.1, -0.05) is 6.42 Å². The maximum absolute atomic E-state index is 12.2. The molecule has 7 nitrogen and oxygen atoms in total. The van der Waals surface area contributed by atoms with Gasteiger partial charge in [-0.25, -0.2) is 4.79 Å². The van der Waals surface area contributed by atoms with Crippen molar-refractivity contribution in [2.24, 2.45) is 13.0 Å². The quantitative estimate of drug-likeness (QED) is 0.748. The minimum atomic E-state index is -5.08. The summed E-state index contributed by atoms with van der Waals surface area (Å²) in [4.78, 5) is 23.7.